The zero-order valence-electron chi connectivity index (χ0n) is 28.1. The van der Waals surface area contributed by atoms with Gasteiger partial charge >= 0.3 is 0 Å². The van der Waals surface area contributed by atoms with Gasteiger partial charge in [0.15, 0.2) is 0 Å². The van der Waals surface area contributed by atoms with E-state index in [-0.39, 0.29) is 5.75 Å². The number of aromatic hydroxyl groups is 1. The highest BCUT2D eigenvalue weighted by Crippen LogP contribution is 2.40. The van der Waals surface area contributed by atoms with E-state index < -0.39 is 0 Å². The molecule has 236 valence electrons. The highest BCUT2D eigenvalue weighted by atomic mass is 16.3. The van der Waals surface area contributed by atoms with E-state index in [1.165, 1.54) is 44.5 Å². The number of phenols is 1. The van der Waals surface area contributed by atoms with Crippen molar-refractivity contribution in [2.75, 3.05) is 0 Å². The minimum atomic E-state index is 0.212. The van der Waals surface area contributed by atoms with Gasteiger partial charge in [-0.15, -0.1) is 0 Å². The van der Waals surface area contributed by atoms with Crippen molar-refractivity contribution in [3.05, 3.63) is 130 Å². The van der Waals surface area contributed by atoms with E-state index >= 15 is 0 Å². The van der Waals surface area contributed by atoms with Crippen LogP contribution in [0.5, 0.6) is 5.75 Å². The summed E-state index contributed by atoms with van der Waals surface area (Å²) in [6.45, 7) is 13.0. The maximum atomic E-state index is 10.6. The van der Waals surface area contributed by atoms with Crippen molar-refractivity contribution in [3.8, 4) is 39.1 Å². The Hall–Kier alpha value is -5.81. The van der Waals surface area contributed by atoms with E-state index in [1.807, 2.05) is 18.2 Å². The van der Waals surface area contributed by atoms with Crippen LogP contribution in [0.4, 0.5) is 0 Å². The number of rotatable bonds is 3. The molecular formula is C43H38N4O. The van der Waals surface area contributed by atoms with Crippen LogP contribution in [0.2, 0.25) is 0 Å². The molecular weight excluding hydrogens is 589 g/mol. The first-order valence-electron chi connectivity index (χ1n) is 16.4. The van der Waals surface area contributed by atoms with E-state index in [9.17, 15) is 5.11 Å². The molecule has 48 heavy (non-hydrogen) atoms. The van der Waals surface area contributed by atoms with Crippen LogP contribution in [-0.2, 0) is 0 Å². The van der Waals surface area contributed by atoms with Gasteiger partial charge in [-0.3, -0.25) is 0 Å². The molecule has 7 aromatic rings. The average Bonchev–Trinajstić information content (AvgIpc) is 3.84. The molecule has 0 unspecified atom stereocenters. The molecule has 0 saturated carbocycles. The van der Waals surface area contributed by atoms with E-state index in [4.69, 9.17) is 4.98 Å². The molecule has 8 rings (SSSR count). The monoisotopic (exact) mass is 626 g/mol. The molecule has 0 spiro atoms. The van der Waals surface area contributed by atoms with Crippen molar-refractivity contribution >= 4 is 45.3 Å². The first-order chi connectivity index (χ1) is 23.1. The molecule has 1 aliphatic rings. The molecule has 8 bridgehead atoms. The third kappa shape index (κ3) is 4.90. The Balaban J connectivity index is 1.59. The Morgan fingerprint density at radius 1 is 0.438 bits per heavy atom. The Bertz CT molecular complexity index is 2540. The van der Waals surface area contributed by atoms with Gasteiger partial charge in [-0.25, -0.2) is 4.98 Å². The second-order valence-electron chi connectivity index (χ2n) is 13.3. The Morgan fingerprint density at radius 3 is 1.38 bits per heavy atom. The summed E-state index contributed by atoms with van der Waals surface area (Å²) in [7, 11) is 0. The molecule has 1 aliphatic heterocycles. The third-order valence-electron chi connectivity index (χ3n) is 9.57. The van der Waals surface area contributed by atoms with Crippen LogP contribution in [0.3, 0.4) is 0 Å². The van der Waals surface area contributed by atoms with Crippen molar-refractivity contribution in [2.24, 2.45) is 0 Å². The van der Waals surface area contributed by atoms with Gasteiger partial charge < -0.3 is 20.1 Å². The van der Waals surface area contributed by atoms with Crippen LogP contribution in [-0.4, -0.2) is 25.0 Å². The summed E-state index contributed by atoms with van der Waals surface area (Å²) in [6, 6.07) is 29.4. The molecule has 0 saturated heterocycles. The number of aromatic nitrogens is 4. The molecule has 0 aliphatic carbocycles. The lowest BCUT2D eigenvalue weighted by Gasteiger charge is -2.13. The lowest BCUT2D eigenvalue weighted by molar-refractivity contribution is 0.475. The third-order valence-corrected chi connectivity index (χ3v) is 9.57. The number of phenolic OH excluding ortho intramolecular Hbond substituents is 1. The summed E-state index contributed by atoms with van der Waals surface area (Å²) in [4.78, 5) is 16.7. The predicted molar refractivity (Wildman–Crippen MR) is 202 cm³/mol. The van der Waals surface area contributed by atoms with E-state index in [2.05, 4.69) is 129 Å². The number of hydrogen-bond donors (Lipinski definition) is 4. The lowest BCUT2D eigenvalue weighted by Crippen LogP contribution is -1.94. The summed E-state index contributed by atoms with van der Waals surface area (Å²) in [5.74, 6) is 0.212. The number of fused-ring (bicyclic) bond motifs is 9. The van der Waals surface area contributed by atoms with Gasteiger partial charge in [-0.05, 0) is 141 Å². The topological polar surface area (TPSA) is 80.5 Å². The Labute approximate surface area is 280 Å². The van der Waals surface area contributed by atoms with Crippen molar-refractivity contribution in [1.82, 2.24) is 19.9 Å². The van der Waals surface area contributed by atoms with Crippen LogP contribution in [0.15, 0.2) is 84.9 Å². The quantitative estimate of drug-likeness (QED) is 0.157. The first kappa shape index (κ1) is 29.6. The van der Waals surface area contributed by atoms with Gasteiger partial charge in [-0.1, -0.05) is 47.5 Å². The van der Waals surface area contributed by atoms with Crippen LogP contribution in [0.1, 0.15) is 44.8 Å². The second kappa shape index (κ2) is 11.2. The fourth-order valence-electron chi connectivity index (χ4n) is 7.79. The fourth-order valence-corrected chi connectivity index (χ4v) is 7.79. The molecule has 0 fully saturated rings. The van der Waals surface area contributed by atoms with Crippen molar-refractivity contribution < 1.29 is 5.11 Å². The molecule has 0 amide bonds. The SMILES string of the molecule is Cc1cc(C)c(-c2c3nc(c(-c4cccc(O)c4)c4ccc([nH]4)c(-c4c(C)cc(C)cc4C)c4ccc([nH]4)c4ccc2[nH]4)C=C3)c(C)c1. The molecule has 0 atom stereocenters. The molecule has 4 N–H and O–H groups in total. The first-order valence-corrected chi connectivity index (χ1v) is 16.4. The van der Waals surface area contributed by atoms with Crippen LogP contribution < -0.4 is 0 Å². The van der Waals surface area contributed by atoms with Crippen molar-refractivity contribution in [3.63, 3.8) is 0 Å². The second-order valence-corrected chi connectivity index (χ2v) is 13.3. The highest BCUT2D eigenvalue weighted by molar-refractivity contribution is 6.01. The number of hydrogen-bond acceptors (Lipinski definition) is 2. The maximum Gasteiger partial charge on any atom is 0.116 e. The average molecular weight is 627 g/mol. The number of nitrogens with zero attached hydrogens (tertiary/aromatic N) is 1. The van der Waals surface area contributed by atoms with E-state index in [1.54, 1.807) is 6.07 Å². The zero-order chi connectivity index (χ0) is 33.3. The standard InChI is InChI=1S/C43H38N4O/c1-23-18-25(3)39(26(4)19-23)42-35-12-10-31(44-35)32-11-13-36(45-32)43(40-27(5)20-24(2)21-28(40)6)38-17-15-34(47-38)41(33-14-16-37(42)46-33)29-8-7-9-30(48)22-29/h7-22,44-46,48H,1-6H3. The Kier molecular flexibility index (Phi) is 6.88. The summed E-state index contributed by atoms with van der Waals surface area (Å²) in [6.07, 6.45) is 4.21. The molecule has 5 heteroatoms. The molecule has 4 aromatic heterocycles. The van der Waals surface area contributed by atoms with Gasteiger partial charge in [0.05, 0.1) is 22.4 Å². The normalized spacial score (nSPS) is 12.0. The molecule has 5 nitrogen and oxygen atoms in total. The van der Waals surface area contributed by atoms with Gasteiger partial charge in [0.25, 0.3) is 0 Å². The lowest BCUT2D eigenvalue weighted by atomic mass is 9.92. The van der Waals surface area contributed by atoms with Gasteiger partial charge in [0, 0.05) is 38.8 Å². The van der Waals surface area contributed by atoms with Crippen LogP contribution in [0, 0.1) is 41.5 Å². The highest BCUT2D eigenvalue weighted by Gasteiger charge is 2.19. The summed E-state index contributed by atoms with van der Waals surface area (Å²) < 4.78 is 0. The molecule has 0 radical (unpaired) electrons. The van der Waals surface area contributed by atoms with Crippen LogP contribution >= 0.6 is 0 Å². The number of benzene rings is 3. The minimum Gasteiger partial charge on any atom is -0.508 e. The van der Waals surface area contributed by atoms with Gasteiger partial charge in [-0.2, -0.15) is 0 Å². The van der Waals surface area contributed by atoms with Gasteiger partial charge in [0.1, 0.15) is 5.75 Å². The number of aromatic amines is 3. The predicted octanol–water partition coefficient (Wildman–Crippen LogP) is 11.3. The number of aryl methyl sites for hydroxylation is 6. The summed E-state index contributed by atoms with van der Waals surface area (Å²) in [5, 5.41) is 10.6. The zero-order valence-corrected chi connectivity index (χ0v) is 28.1. The smallest absolute Gasteiger partial charge is 0.116 e. The number of nitrogens with one attached hydrogen (secondary N) is 3. The van der Waals surface area contributed by atoms with Crippen LogP contribution in [0.25, 0.3) is 78.6 Å². The summed E-state index contributed by atoms with van der Waals surface area (Å²) >= 11 is 0. The fraction of sp³-hybridized carbons (Fsp3) is 0.140. The maximum absolute atomic E-state index is 10.6. The van der Waals surface area contributed by atoms with Crippen molar-refractivity contribution in [2.45, 2.75) is 41.5 Å². The minimum absolute atomic E-state index is 0.212. The number of H-pyrrole nitrogens is 3. The molecule has 3 aromatic carbocycles. The Morgan fingerprint density at radius 2 is 0.854 bits per heavy atom. The van der Waals surface area contributed by atoms with E-state index in [0.29, 0.717) is 0 Å². The summed E-state index contributed by atoms with van der Waals surface area (Å²) in [5.41, 5.74) is 21.4. The largest absolute Gasteiger partial charge is 0.508 e. The molecule has 5 heterocycles. The van der Waals surface area contributed by atoms with Gasteiger partial charge in [0.2, 0.25) is 0 Å². The van der Waals surface area contributed by atoms with E-state index in [0.717, 1.165) is 66.7 Å². The van der Waals surface area contributed by atoms with Crippen molar-refractivity contribution in [1.29, 1.82) is 0 Å².